The van der Waals surface area contributed by atoms with E-state index in [1.54, 1.807) is 0 Å². The predicted octanol–water partition coefficient (Wildman–Crippen LogP) is 4.10. The van der Waals surface area contributed by atoms with Crippen molar-refractivity contribution in [3.8, 4) is 0 Å². The van der Waals surface area contributed by atoms with Gasteiger partial charge in [0, 0.05) is 0 Å². The van der Waals surface area contributed by atoms with Crippen molar-refractivity contribution < 1.29 is 39.9 Å². The van der Waals surface area contributed by atoms with Crippen molar-refractivity contribution in [1.29, 1.82) is 0 Å². The minimum absolute atomic E-state index is 0.0889. The summed E-state index contributed by atoms with van der Waals surface area (Å²) in [7, 11) is 0. The van der Waals surface area contributed by atoms with E-state index in [4.69, 9.17) is 0 Å². The van der Waals surface area contributed by atoms with Crippen molar-refractivity contribution in [2.75, 3.05) is 13.3 Å². The van der Waals surface area contributed by atoms with Gasteiger partial charge < -0.3 is 4.74 Å². The molecule has 0 unspecified atom stereocenters. The lowest BCUT2D eigenvalue weighted by molar-refractivity contribution is -0.421. The summed E-state index contributed by atoms with van der Waals surface area (Å²) in [5, 5.41) is 0. The van der Waals surface area contributed by atoms with Crippen molar-refractivity contribution >= 4 is 0 Å². The lowest BCUT2D eigenvalue weighted by atomic mass is 10.3. The maximum Gasteiger partial charge on any atom is 0.462 e. The van der Waals surface area contributed by atoms with Crippen molar-refractivity contribution in [3.63, 3.8) is 0 Å². The molecule has 0 aliphatic rings. The highest BCUT2D eigenvalue weighted by molar-refractivity contribution is 4.87. The lowest BCUT2D eigenvalue weighted by Crippen LogP contribution is -2.53. The highest BCUT2D eigenvalue weighted by Crippen LogP contribution is 2.46. The molecular formula is C9H10F8O. The zero-order valence-corrected chi connectivity index (χ0v) is 8.92. The van der Waals surface area contributed by atoms with Crippen molar-refractivity contribution in [2.45, 2.75) is 31.0 Å². The van der Waals surface area contributed by atoms with Gasteiger partial charge >= 0.3 is 18.2 Å². The monoisotopic (exact) mass is 286 g/mol. The van der Waals surface area contributed by atoms with Gasteiger partial charge in [-0.05, 0) is 12.8 Å². The van der Waals surface area contributed by atoms with Crippen LogP contribution in [0.3, 0.4) is 0 Å². The SMILES string of the molecule is FCCC/C=C/COC(F)(F)C(F)(F)C(F)(F)F. The normalized spacial score (nSPS) is 14.4. The summed E-state index contributed by atoms with van der Waals surface area (Å²) in [5.41, 5.74) is 0. The van der Waals surface area contributed by atoms with E-state index in [9.17, 15) is 35.1 Å². The Morgan fingerprint density at radius 2 is 1.44 bits per heavy atom. The average molecular weight is 286 g/mol. The summed E-state index contributed by atoms with van der Waals surface area (Å²) >= 11 is 0. The van der Waals surface area contributed by atoms with Crippen LogP contribution in [0.1, 0.15) is 12.8 Å². The van der Waals surface area contributed by atoms with Gasteiger partial charge in [-0.3, -0.25) is 4.39 Å². The number of rotatable bonds is 7. The largest absolute Gasteiger partial charge is 0.462 e. The molecule has 0 aliphatic carbocycles. The third-order valence-corrected chi connectivity index (χ3v) is 1.75. The first-order chi connectivity index (χ1) is 8.06. The number of unbranched alkanes of at least 4 members (excludes halogenated alkanes) is 1. The molecule has 0 saturated carbocycles. The molecule has 9 heteroatoms. The molecule has 0 saturated heterocycles. The summed E-state index contributed by atoms with van der Waals surface area (Å²) < 4.78 is 99.2. The molecule has 0 amide bonds. The van der Waals surface area contributed by atoms with Gasteiger partial charge in [0.05, 0.1) is 13.3 Å². The molecule has 0 radical (unpaired) electrons. The predicted molar refractivity (Wildman–Crippen MR) is 46.3 cm³/mol. The smallest absolute Gasteiger partial charge is 0.311 e. The summed E-state index contributed by atoms with van der Waals surface area (Å²) in [4.78, 5) is 0. The third kappa shape index (κ3) is 4.43. The summed E-state index contributed by atoms with van der Waals surface area (Å²) in [6.07, 6.45) is -9.88. The topological polar surface area (TPSA) is 9.23 Å². The Morgan fingerprint density at radius 1 is 0.889 bits per heavy atom. The fourth-order valence-corrected chi connectivity index (χ4v) is 0.789. The van der Waals surface area contributed by atoms with Gasteiger partial charge in [0.1, 0.15) is 0 Å². The molecule has 0 aliphatic heterocycles. The van der Waals surface area contributed by atoms with Gasteiger partial charge in [-0.15, -0.1) is 0 Å². The van der Waals surface area contributed by atoms with E-state index in [2.05, 4.69) is 4.74 Å². The minimum atomic E-state index is -6.41. The molecule has 0 spiro atoms. The average Bonchev–Trinajstić information content (AvgIpc) is 2.21. The van der Waals surface area contributed by atoms with E-state index in [0.717, 1.165) is 12.2 Å². The number of alkyl halides is 8. The van der Waals surface area contributed by atoms with E-state index in [1.807, 2.05) is 0 Å². The fraction of sp³-hybridized carbons (Fsp3) is 0.778. The first-order valence-corrected chi connectivity index (χ1v) is 4.73. The van der Waals surface area contributed by atoms with Crippen LogP contribution >= 0.6 is 0 Å². The van der Waals surface area contributed by atoms with Crippen LogP contribution < -0.4 is 0 Å². The van der Waals surface area contributed by atoms with Crippen LogP contribution in [0, 0.1) is 0 Å². The molecule has 0 rings (SSSR count). The Hall–Kier alpha value is -0.860. The quantitative estimate of drug-likeness (QED) is 0.389. The Kier molecular flexibility index (Phi) is 6.05. The molecule has 1 nitrogen and oxygen atoms in total. The van der Waals surface area contributed by atoms with Crippen LogP contribution in [0.25, 0.3) is 0 Å². The molecule has 0 N–H and O–H groups in total. The number of hydrogen-bond acceptors (Lipinski definition) is 1. The highest BCUT2D eigenvalue weighted by atomic mass is 19.4. The molecule has 18 heavy (non-hydrogen) atoms. The zero-order valence-electron chi connectivity index (χ0n) is 8.92. The standard InChI is InChI=1S/C9H10F8O/c10-5-3-1-2-4-6-18-9(16,17)7(11,12)8(13,14)15/h2,4H,1,3,5-6H2/b4-2+. The maximum atomic E-state index is 12.5. The maximum absolute atomic E-state index is 12.5. The first-order valence-electron chi connectivity index (χ1n) is 4.73. The van der Waals surface area contributed by atoms with Crippen molar-refractivity contribution in [2.24, 2.45) is 0 Å². The number of ether oxygens (including phenoxy) is 1. The molecular weight excluding hydrogens is 276 g/mol. The lowest BCUT2D eigenvalue weighted by Gasteiger charge is -2.27. The van der Waals surface area contributed by atoms with Crippen molar-refractivity contribution in [1.82, 2.24) is 0 Å². The molecule has 0 aromatic carbocycles. The van der Waals surface area contributed by atoms with Crippen LogP contribution in [-0.4, -0.2) is 31.5 Å². The van der Waals surface area contributed by atoms with Gasteiger partial charge in [0.15, 0.2) is 0 Å². The second-order valence-electron chi connectivity index (χ2n) is 3.20. The Bertz CT molecular complexity index is 270. The van der Waals surface area contributed by atoms with Crippen LogP contribution in [0.4, 0.5) is 35.1 Å². The van der Waals surface area contributed by atoms with E-state index in [0.29, 0.717) is 0 Å². The highest BCUT2D eigenvalue weighted by Gasteiger charge is 2.74. The second-order valence-corrected chi connectivity index (χ2v) is 3.20. The van der Waals surface area contributed by atoms with E-state index in [-0.39, 0.29) is 12.8 Å². The van der Waals surface area contributed by atoms with Crippen LogP contribution in [0.2, 0.25) is 0 Å². The summed E-state index contributed by atoms with van der Waals surface area (Å²) in [6.45, 7) is -1.79. The Morgan fingerprint density at radius 3 is 1.89 bits per heavy atom. The van der Waals surface area contributed by atoms with Gasteiger partial charge in [0.2, 0.25) is 0 Å². The molecule has 0 fully saturated rings. The molecule has 108 valence electrons. The van der Waals surface area contributed by atoms with Crippen LogP contribution in [0.15, 0.2) is 12.2 Å². The van der Waals surface area contributed by atoms with Gasteiger partial charge in [-0.25, -0.2) is 0 Å². The Balaban J connectivity index is 4.35. The molecule has 0 bridgehead atoms. The van der Waals surface area contributed by atoms with E-state index in [1.165, 1.54) is 0 Å². The van der Waals surface area contributed by atoms with Crippen LogP contribution in [0.5, 0.6) is 0 Å². The number of allylic oxidation sites excluding steroid dienone is 1. The molecule has 0 aromatic rings. The fourth-order valence-electron chi connectivity index (χ4n) is 0.789. The van der Waals surface area contributed by atoms with Crippen molar-refractivity contribution in [3.05, 3.63) is 12.2 Å². The van der Waals surface area contributed by atoms with E-state index < -0.39 is 31.5 Å². The Labute approximate surface area is 97.4 Å². The van der Waals surface area contributed by atoms with Gasteiger partial charge in [-0.2, -0.15) is 30.7 Å². The van der Waals surface area contributed by atoms with Crippen LogP contribution in [-0.2, 0) is 4.74 Å². The molecule has 0 heterocycles. The van der Waals surface area contributed by atoms with E-state index >= 15 is 0 Å². The van der Waals surface area contributed by atoms with Gasteiger partial charge in [0.25, 0.3) is 0 Å². The third-order valence-electron chi connectivity index (χ3n) is 1.75. The van der Waals surface area contributed by atoms with Gasteiger partial charge in [-0.1, -0.05) is 12.2 Å². The summed E-state index contributed by atoms with van der Waals surface area (Å²) in [5.74, 6) is -6.27. The molecule has 0 atom stereocenters. The second kappa shape index (κ2) is 6.35. The first kappa shape index (κ1) is 17.1. The summed E-state index contributed by atoms with van der Waals surface area (Å²) in [6, 6.07) is 0. The number of halogens is 8. The number of hydrogen-bond donors (Lipinski definition) is 0. The molecule has 0 aromatic heterocycles. The minimum Gasteiger partial charge on any atom is -0.311 e. The zero-order chi connectivity index (χ0) is 14.4.